The SMILES string of the molecule is Cc1ccc(C(=O)Nc2nc(C(C)C)ns2)cc1S(C)(=O)=O. The van der Waals surface area contributed by atoms with Crippen LogP contribution in [-0.2, 0) is 9.84 Å². The van der Waals surface area contributed by atoms with Gasteiger partial charge in [0.15, 0.2) is 9.84 Å². The van der Waals surface area contributed by atoms with E-state index in [0.29, 0.717) is 16.5 Å². The van der Waals surface area contributed by atoms with Crippen molar-refractivity contribution in [2.75, 3.05) is 11.6 Å². The predicted octanol–water partition coefficient (Wildman–Crippen LogP) is 2.63. The summed E-state index contributed by atoms with van der Waals surface area (Å²) in [7, 11) is -3.37. The van der Waals surface area contributed by atoms with Crippen LogP contribution in [0.1, 0.15) is 41.5 Å². The molecule has 0 unspecified atom stereocenters. The van der Waals surface area contributed by atoms with E-state index in [9.17, 15) is 13.2 Å². The van der Waals surface area contributed by atoms with Crippen molar-refractivity contribution in [3.05, 3.63) is 35.2 Å². The summed E-state index contributed by atoms with van der Waals surface area (Å²) in [6.45, 7) is 5.62. The predicted molar refractivity (Wildman–Crippen MR) is 86.2 cm³/mol. The summed E-state index contributed by atoms with van der Waals surface area (Å²) in [6.07, 6.45) is 1.12. The van der Waals surface area contributed by atoms with E-state index in [1.54, 1.807) is 19.1 Å². The second kappa shape index (κ2) is 6.13. The third kappa shape index (κ3) is 3.69. The summed E-state index contributed by atoms with van der Waals surface area (Å²) in [4.78, 5) is 16.6. The quantitative estimate of drug-likeness (QED) is 0.925. The molecule has 1 amide bonds. The number of amides is 1. The van der Waals surface area contributed by atoms with E-state index < -0.39 is 15.7 Å². The van der Waals surface area contributed by atoms with Gasteiger partial charge in [0.1, 0.15) is 5.82 Å². The maximum absolute atomic E-state index is 12.2. The van der Waals surface area contributed by atoms with Gasteiger partial charge < -0.3 is 0 Å². The fourth-order valence-electron chi connectivity index (χ4n) is 1.83. The van der Waals surface area contributed by atoms with Gasteiger partial charge in [-0.2, -0.15) is 4.37 Å². The molecule has 1 heterocycles. The number of rotatable bonds is 4. The molecule has 8 heteroatoms. The Kier molecular flexibility index (Phi) is 4.62. The van der Waals surface area contributed by atoms with Gasteiger partial charge in [0.25, 0.3) is 5.91 Å². The minimum absolute atomic E-state index is 0.153. The molecule has 0 saturated carbocycles. The first kappa shape index (κ1) is 16.6. The van der Waals surface area contributed by atoms with E-state index in [0.717, 1.165) is 17.8 Å². The van der Waals surface area contributed by atoms with Gasteiger partial charge in [0.2, 0.25) is 5.13 Å². The summed E-state index contributed by atoms with van der Waals surface area (Å²) < 4.78 is 27.6. The number of hydrogen-bond donors (Lipinski definition) is 1. The summed E-state index contributed by atoms with van der Waals surface area (Å²) in [5.74, 6) is 0.440. The van der Waals surface area contributed by atoms with Crippen LogP contribution in [0, 0.1) is 6.92 Å². The topological polar surface area (TPSA) is 89.0 Å². The number of aryl methyl sites for hydroxylation is 1. The molecule has 2 aromatic rings. The second-order valence-corrected chi connectivity index (χ2v) is 8.05. The average molecular weight is 339 g/mol. The Morgan fingerprint density at radius 2 is 2.00 bits per heavy atom. The number of nitrogens with zero attached hydrogens (tertiary/aromatic N) is 2. The third-order valence-electron chi connectivity index (χ3n) is 3.03. The number of benzene rings is 1. The lowest BCUT2D eigenvalue weighted by Crippen LogP contribution is -2.13. The summed E-state index contributed by atoms with van der Waals surface area (Å²) in [6, 6.07) is 4.58. The average Bonchev–Trinajstić information content (AvgIpc) is 2.86. The maximum atomic E-state index is 12.2. The van der Waals surface area contributed by atoms with E-state index >= 15 is 0 Å². The highest BCUT2D eigenvalue weighted by Gasteiger charge is 2.16. The lowest BCUT2D eigenvalue weighted by molar-refractivity contribution is 0.102. The van der Waals surface area contributed by atoms with Crippen LogP contribution in [0.4, 0.5) is 5.13 Å². The fraction of sp³-hybridized carbons (Fsp3) is 0.357. The molecule has 0 bridgehead atoms. The van der Waals surface area contributed by atoms with Crippen LogP contribution in [0.3, 0.4) is 0 Å². The Bertz CT molecular complexity index is 810. The normalized spacial score (nSPS) is 11.7. The molecule has 0 aliphatic heterocycles. The maximum Gasteiger partial charge on any atom is 0.257 e. The van der Waals surface area contributed by atoms with Gasteiger partial charge in [-0.1, -0.05) is 19.9 Å². The largest absolute Gasteiger partial charge is 0.297 e. The van der Waals surface area contributed by atoms with Crippen LogP contribution in [0.15, 0.2) is 23.1 Å². The Labute approximate surface area is 133 Å². The van der Waals surface area contributed by atoms with E-state index in [1.165, 1.54) is 6.07 Å². The molecular weight excluding hydrogens is 322 g/mol. The van der Waals surface area contributed by atoms with E-state index in [-0.39, 0.29) is 16.4 Å². The number of nitrogens with one attached hydrogen (secondary N) is 1. The Morgan fingerprint density at radius 3 is 2.55 bits per heavy atom. The van der Waals surface area contributed by atoms with Crippen molar-refractivity contribution in [3.8, 4) is 0 Å². The van der Waals surface area contributed by atoms with Crippen LogP contribution in [0.25, 0.3) is 0 Å². The number of sulfone groups is 1. The highest BCUT2D eigenvalue weighted by Crippen LogP contribution is 2.20. The number of aromatic nitrogens is 2. The molecule has 0 aliphatic rings. The zero-order chi connectivity index (χ0) is 16.5. The summed E-state index contributed by atoms with van der Waals surface area (Å²) >= 11 is 1.10. The molecule has 0 fully saturated rings. The smallest absolute Gasteiger partial charge is 0.257 e. The molecule has 6 nitrogen and oxygen atoms in total. The highest BCUT2D eigenvalue weighted by atomic mass is 32.2. The Balaban J connectivity index is 2.26. The van der Waals surface area contributed by atoms with Crippen molar-refractivity contribution in [2.45, 2.75) is 31.6 Å². The van der Waals surface area contributed by atoms with Crippen LogP contribution >= 0.6 is 11.5 Å². The van der Waals surface area contributed by atoms with Crippen molar-refractivity contribution < 1.29 is 13.2 Å². The molecule has 22 heavy (non-hydrogen) atoms. The van der Waals surface area contributed by atoms with Gasteiger partial charge in [0, 0.05) is 29.3 Å². The fourth-order valence-corrected chi connectivity index (χ4v) is 3.53. The van der Waals surface area contributed by atoms with Crippen molar-refractivity contribution in [2.24, 2.45) is 0 Å². The summed E-state index contributed by atoms with van der Waals surface area (Å²) in [5.41, 5.74) is 0.879. The van der Waals surface area contributed by atoms with Crippen molar-refractivity contribution in [3.63, 3.8) is 0 Å². The Morgan fingerprint density at radius 1 is 1.32 bits per heavy atom. The van der Waals surface area contributed by atoms with Crippen LogP contribution in [0.5, 0.6) is 0 Å². The van der Waals surface area contributed by atoms with Crippen molar-refractivity contribution >= 4 is 32.4 Å². The molecule has 2 rings (SSSR count). The molecule has 0 spiro atoms. The van der Waals surface area contributed by atoms with Gasteiger partial charge >= 0.3 is 0 Å². The number of hydrogen-bond acceptors (Lipinski definition) is 6. The van der Waals surface area contributed by atoms with Gasteiger partial charge in [0.05, 0.1) is 4.90 Å². The van der Waals surface area contributed by atoms with E-state index in [1.807, 2.05) is 13.8 Å². The molecule has 1 aromatic heterocycles. The van der Waals surface area contributed by atoms with E-state index in [4.69, 9.17) is 0 Å². The molecule has 0 aliphatic carbocycles. The molecule has 1 aromatic carbocycles. The minimum atomic E-state index is -3.37. The van der Waals surface area contributed by atoms with Gasteiger partial charge in [-0.3, -0.25) is 10.1 Å². The van der Waals surface area contributed by atoms with Gasteiger partial charge in [-0.05, 0) is 24.6 Å². The second-order valence-electron chi connectivity index (χ2n) is 5.32. The van der Waals surface area contributed by atoms with Gasteiger partial charge in [-0.15, -0.1) is 0 Å². The first-order valence-electron chi connectivity index (χ1n) is 6.64. The summed E-state index contributed by atoms with van der Waals surface area (Å²) in [5, 5.41) is 3.04. The van der Waals surface area contributed by atoms with Crippen molar-refractivity contribution in [1.82, 2.24) is 9.36 Å². The van der Waals surface area contributed by atoms with Crippen LogP contribution < -0.4 is 5.32 Å². The van der Waals surface area contributed by atoms with Crippen molar-refractivity contribution in [1.29, 1.82) is 0 Å². The van der Waals surface area contributed by atoms with Gasteiger partial charge in [-0.25, -0.2) is 13.4 Å². The zero-order valence-electron chi connectivity index (χ0n) is 12.7. The standard InChI is InChI=1S/C14H17N3O3S2/c1-8(2)12-15-14(21-17-12)16-13(18)10-6-5-9(3)11(7-10)22(4,19)20/h5-8H,1-4H3,(H,15,16,17,18). The lowest BCUT2D eigenvalue weighted by Gasteiger charge is -2.07. The molecule has 1 N–H and O–H groups in total. The Hall–Kier alpha value is -1.80. The first-order valence-corrected chi connectivity index (χ1v) is 9.30. The van der Waals surface area contributed by atoms with E-state index in [2.05, 4.69) is 14.7 Å². The zero-order valence-corrected chi connectivity index (χ0v) is 14.4. The van der Waals surface area contributed by atoms with Crippen LogP contribution in [-0.4, -0.2) is 29.9 Å². The molecular formula is C14H17N3O3S2. The number of carbonyl (C=O) groups excluding carboxylic acids is 1. The highest BCUT2D eigenvalue weighted by molar-refractivity contribution is 7.90. The molecule has 118 valence electrons. The van der Waals surface area contributed by atoms with Crippen LogP contribution in [0.2, 0.25) is 0 Å². The number of carbonyl (C=O) groups is 1. The third-order valence-corrected chi connectivity index (χ3v) is 4.91. The lowest BCUT2D eigenvalue weighted by atomic mass is 10.1. The molecule has 0 radical (unpaired) electrons. The first-order chi connectivity index (χ1) is 10.2. The monoisotopic (exact) mass is 339 g/mol. The molecule has 0 atom stereocenters. The molecule has 0 saturated heterocycles. The number of anilines is 1. The minimum Gasteiger partial charge on any atom is -0.297 e.